The summed E-state index contributed by atoms with van der Waals surface area (Å²) in [4.78, 5) is 49.7. The van der Waals surface area contributed by atoms with E-state index in [0.717, 1.165) is 41.6 Å². The second-order valence-electron chi connectivity index (χ2n) is 20.0. The number of aliphatic carboxylic acids is 1. The Morgan fingerprint density at radius 2 is 1.44 bits per heavy atom. The van der Waals surface area contributed by atoms with Crippen molar-refractivity contribution >= 4 is 51.6 Å². The lowest BCUT2D eigenvalue weighted by Crippen LogP contribution is -2.40. The lowest BCUT2D eigenvalue weighted by molar-refractivity contribution is -0.192. The first-order valence-corrected chi connectivity index (χ1v) is 31.0. The highest BCUT2D eigenvalue weighted by atomic mass is 32.2. The van der Waals surface area contributed by atoms with E-state index < -0.39 is 51.8 Å². The molecule has 0 aliphatic rings. The molecule has 3 aromatic rings. The Morgan fingerprint density at radius 1 is 0.833 bits per heavy atom. The number of benzene rings is 2. The molecule has 1 aromatic heterocycles. The van der Waals surface area contributed by atoms with E-state index in [4.69, 9.17) is 25.1 Å². The highest BCUT2D eigenvalue weighted by Crippen LogP contribution is 2.41. The summed E-state index contributed by atoms with van der Waals surface area (Å²) in [7, 11) is -2.67. The van der Waals surface area contributed by atoms with Crippen LogP contribution in [0.2, 0.25) is 51.4 Å². The van der Waals surface area contributed by atoms with Crippen LogP contribution in [0.4, 0.5) is 22.0 Å². The van der Waals surface area contributed by atoms with Crippen LogP contribution in [0, 0.1) is 23.0 Å². The van der Waals surface area contributed by atoms with Gasteiger partial charge in [0, 0.05) is 89.6 Å². The molecule has 2 atom stereocenters. The molecule has 2 aromatic carbocycles. The fourth-order valence-electron chi connectivity index (χ4n) is 6.90. The third kappa shape index (κ3) is 22.8. The molecule has 0 bridgehead atoms. The monoisotopic (exact) mass is 985 g/mol. The summed E-state index contributed by atoms with van der Waals surface area (Å²) in [5.74, 6) is -3.61. The minimum absolute atomic E-state index is 0.00731. The number of ether oxygens (including phenoxy) is 2. The van der Waals surface area contributed by atoms with Crippen LogP contribution in [0.1, 0.15) is 70.2 Å². The number of carbonyl (C=O) groups excluding carboxylic acids is 3. The van der Waals surface area contributed by atoms with Crippen molar-refractivity contribution in [2.75, 3.05) is 44.4 Å². The second kappa shape index (κ2) is 27.2. The number of carboxylic acid groups (broad SMARTS) is 1. The molecule has 0 radical (unpaired) electrons. The molecule has 0 spiro atoms. The molecule has 0 saturated heterocycles. The minimum atomic E-state index is -5.08. The standard InChI is InChI=1S/C46H71F2N3O5SSi2.C2HF3O2/c1-46(2,3)44(42-30-37(40-31-38(47)18-19-41(40)48)34-51(42)33-35-15-11-10-12-16-35)50(21-14-13-17-43(53)55-23-27-58(4,5)6)22-26-57-25-20-39(52)29-36(32-49)45(54)56-24-28-59(7,8)9;3-2(4,5)1(6)7/h10-12,15-16,18-19,30-31,34,36,44H,13-14,17,20-29,32-33,49H2,1-9H3;(H,6,7)/t36?,44-;/m0./s1. The number of nitrogens with two attached hydrogens (primary N) is 1. The average Bonchev–Trinajstić information content (AvgIpc) is 3.59. The predicted octanol–water partition coefficient (Wildman–Crippen LogP) is 11.1. The molecule has 1 heterocycles. The summed E-state index contributed by atoms with van der Waals surface area (Å²) in [5, 5.41) is 7.12. The number of alkyl halides is 3. The molecule has 370 valence electrons. The third-order valence-electron chi connectivity index (χ3n) is 10.5. The van der Waals surface area contributed by atoms with E-state index in [0.29, 0.717) is 63.4 Å². The van der Waals surface area contributed by atoms with Crippen LogP contribution in [-0.4, -0.2) is 105 Å². The normalized spacial score (nSPS) is 13.2. The molecule has 10 nitrogen and oxygen atoms in total. The van der Waals surface area contributed by atoms with Crippen molar-refractivity contribution in [3.63, 3.8) is 0 Å². The quantitative estimate of drug-likeness (QED) is 0.0346. The van der Waals surface area contributed by atoms with E-state index in [1.165, 1.54) is 12.1 Å². The van der Waals surface area contributed by atoms with Crippen LogP contribution >= 0.6 is 11.8 Å². The van der Waals surface area contributed by atoms with Gasteiger partial charge in [-0.1, -0.05) is 90.4 Å². The van der Waals surface area contributed by atoms with Gasteiger partial charge < -0.3 is 24.9 Å². The van der Waals surface area contributed by atoms with Crippen LogP contribution in [0.15, 0.2) is 60.8 Å². The van der Waals surface area contributed by atoms with Crippen molar-refractivity contribution in [2.24, 2.45) is 17.1 Å². The third-order valence-corrected chi connectivity index (χ3v) is 14.9. The van der Waals surface area contributed by atoms with Crippen LogP contribution < -0.4 is 5.73 Å². The number of unbranched alkanes of at least 4 members (excludes halogenated alkanes) is 1. The van der Waals surface area contributed by atoms with Gasteiger partial charge in [0.05, 0.1) is 25.2 Å². The van der Waals surface area contributed by atoms with Crippen molar-refractivity contribution in [1.82, 2.24) is 9.47 Å². The molecule has 0 amide bonds. The molecule has 0 aliphatic heterocycles. The van der Waals surface area contributed by atoms with Gasteiger partial charge in [-0.15, -0.1) is 0 Å². The van der Waals surface area contributed by atoms with Gasteiger partial charge in [-0.05, 0) is 66.7 Å². The number of esters is 2. The molecule has 66 heavy (non-hydrogen) atoms. The lowest BCUT2D eigenvalue weighted by atomic mass is 9.83. The Hall–Kier alpha value is -3.85. The number of aromatic nitrogens is 1. The molecular weight excluding hydrogens is 914 g/mol. The van der Waals surface area contributed by atoms with Crippen molar-refractivity contribution < 1.29 is 55.7 Å². The number of Topliss-reactive ketones (excluding diaryl/α,β-unsaturated/α-hetero) is 1. The van der Waals surface area contributed by atoms with Gasteiger partial charge in [0.15, 0.2) is 0 Å². The highest BCUT2D eigenvalue weighted by molar-refractivity contribution is 7.99. The van der Waals surface area contributed by atoms with Gasteiger partial charge >= 0.3 is 24.1 Å². The Balaban J connectivity index is 0.00000197. The summed E-state index contributed by atoms with van der Waals surface area (Å²) in [6.07, 6.45) is -0.973. The number of halogens is 5. The van der Waals surface area contributed by atoms with Gasteiger partial charge in [0.2, 0.25) is 0 Å². The number of carbonyl (C=O) groups is 4. The number of thioether (sulfide) groups is 1. The molecule has 18 heteroatoms. The Morgan fingerprint density at radius 3 is 2.00 bits per heavy atom. The van der Waals surface area contributed by atoms with E-state index in [2.05, 4.69) is 81.7 Å². The number of ketones is 1. The molecule has 1 unspecified atom stereocenters. The van der Waals surface area contributed by atoms with Crippen LogP contribution in [0.3, 0.4) is 0 Å². The largest absolute Gasteiger partial charge is 0.490 e. The number of hydrogen-bond donors (Lipinski definition) is 2. The maximum Gasteiger partial charge on any atom is 0.490 e. The molecule has 3 N–H and O–H groups in total. The predicted molar refractivity (Wildman–Crippen MR) is 259 cm³/mol. The summed E-state index contributed by atoms with van der Waals surface area (Å²) >= 11 is 1.69. The van der Waals surface area contributed by atoms with E-state index in [9.17, 15) is 31.9 Å². The van der Waals surface area contributed by atoms with Crippen molar-refractivity contribution in [3.8, 4) is 11.1 Å². The Labute approximate surface area is 394 Å². The van der Waals surface area contributed by atoms with Gasteiger partial charge in [0.25, 0.3) is 0 Å². The maximum atomic E-state index is 15.3. The van der Waals surface area contributed by atoms with Crippen LogP contribution in [0.5, 0.6) is 0 Å². The smallest absolute Gasteiger partial charge is 0.475 e. The lowest BCUT2D eigenvalue weighted by Gasteiger charge is -2.41. The highest BCUT2D eigenvalue weighted by Gasteiger charge is 2.38. The summed E-state index contributed by atoms with van der Waals surface area (Å²) < 4.78 is 74.7. The Kier molecular flexibility index (Phi) is 24.0. The fourth-order valence-corrected chi connectivity index (χ4v) is 9.27. The first kappa shape index (κ1) is 58.3. The zero-order valence-corrected chi connectivity index (χ0v) is 43.0. The molecular formula is C48H72F5N3O7SSi2. The molecule has 3 rings (SSSR count). The molecule has 0 fully saturated rings. The SMILES string of the molecule is CC(C)(C)[C@H](c1cc(-c2cc(F)ccc2F)cn1Cc1ccccc1)N(CCCCC(=O)OCC[Si](C)(C)C)CCSCCC(=O)CC(CN)C(=O)OCC[Si](C)(C)C.O=C(O)C(F)(F)F. The summed E-state index contributed by atoms with van der Waals surface area (Å²) in [6.45, 7) is 22.9. The minimum Gasteiger partial charge on any atom is -0.475 e. The van der Waals surface area contributed by atoms with Gasteiger partial charge in [-0.2, -0.15) is 24.9 Å². The van der Waals surface area contributed by atoms with Gasteiger partial charge in [-0.3, -0.25) is 19.3 Å². The first-order valence-electron chi connectivity index (χ1n) is 22.5. The number of hydrogen-bond acceptors (Lipinski definition) is 9. The maximum absolute atomic E-state index is 15.3. The van der Waals surface area contributed by atoms with Crippen LogP contribution in [-0.2, 0) is 35.2 Å². The van der Waals surface area contributed by atoms with E-state index >= 15 is 4.39 Å². The van der Waals surface area contributed by atoms with Gasteiger partial charge in [0.1, 0.15) is 17.4 Å². The molecule has 0 aliphatic carbocycles. The van der Waals surface area contributed by atoms with Crippen LogP contribution in [0.25, 0.3) is 11.1 Å². The molecule has 0 saturated carbocycles. The summed E-state index contributed by atoms with van der Waals surface area (Å²) in [6, 6.07) is 17.3. The number of carboxylic acids is 1. The van der Waals surface area contributed by atoms with Crippen molar-refractivity contribution in [3.05, 3.63) is 83.7 Å². The topological polar surface area (TPSA) is 141 Å². The second-order valence-corrected chi connectivity index (χ2v) is 32.5. The average molecular weight is 986 g/mol. The van der Waals surface area contributed by atoms with Crippen molar-refractivity contribution in [1.29, 1.82) is 0 Å². The summed E-state index contributed by atoms with van der Waals surface area (Å²) in [5.41, 5.74) is 8.48. The number of nitrogens with zero attached hydrogens (tertiary/aromatic N) is 2. The van der Waals surface area contributed by atoms with E-state index in [1.807, 2.05) is 30.5 Å². The zero-order chi connectivity index (χ0) is 49.9. The van der Waals surface area contributed by atoms with Gasteiger partial charge in [-0.25, -0.2) is 13.6 Å². The van der Waals surface area contributed by atoms with E-state index in [1.54, 1.807) is 11.8 Å². The number of rotatable bonds is 26. The zero-order valence-electron chi connectivity index (χ0n) is 40.2. The Bertz CT molecular complexity index is 1980. The fraction of sp³-hybridized carbons (Fsp3) is 0.583. The van der Waals surface area contributed by atoms with Crippen molar-refractivity contribution in [2.45, 2.75) is 123 Å². The first-order chi connectivity index (χ1) is 30.6. The van der Waals surface area contributed by atoms with E-state index in [-0.39, 0.29) is 41.7 Å².